The van der Waals surface area contributed by atoms with Gasteiger partial charge in [0.2, 0.25) is 0 Å². The molecule has 0 aliphatic rings. The van der Waals surface area contributed by atoms with Gasteiger partial charge in [-0.15, -0.1) is 0 Å². The Hall–Kier alpha value is -2.25. The molecule has 2 rings (SSSR count). The molecule has 0 amide bonds. The van der Waals surface area contributed by atoms with Crippen LogP contribution in [0.1, 0.15) is 20.3 Å². The maximum atomic E-state index is 13.0. The minimum atomic E-state index is -4.09. The summed E-state index contributed by atoms with van der Waals surface area (Å²) < 4.78 is 32.4. The zero-order valence-corrected chi connectivity index (χ0v) is 16.0. The molecule has 0 aromatic heterocycles. The molecule has 8 heteroatoms. The maximum Gasteiger partial charge on any atom is 0.327 e. The van der Waals surface area contributed by atoms with E-state index in [1.807, 2.05) is 6.92 Å². The quantitative estimate of drug-likeness (QED) is 0.732. The SMILES string of the molecule is CCCOc1ccc(N(C(C)C(=O)O)S(=O)(=O)c2ccc(Cl)cc2)cc1. The fourth-order valence-corrected chi connectivity index (χ4v) is 4.04. The summed E-state index contributed by atoms with van der Waals surface area (Å²) in [6, 6.07) is 10.6. The van der Waals surface area contributed by atoms with Crippen molar-refractivity contribution < 1.29 is 23.1 Å². The Morgan fingerprint density at radius 1 is 1.15 bits per heavy atom. The van der Waals surface area contributed by atoms with Gasteiger partial charge in [-0.2, -0.15) is 0 Å². The molecule has 26 heavy (non-hydrogen) atoms. The predicted octanol–water partition coefficient (Wildman–Crippen LogP) is 3.80. The Morgan fingerprint density at radius 2 is 1.73 bits per heavy atom. The summed E-state index contributed by atoms with van der Waals surface area (Å²) in [5, 5.41) is 9.78. The number of nitrogens with zero attached hydrogens (tertiary/aromatic N) is 1. The normalized spacial score (nSPS) is 12.4. The highest BCUT2D eigenvalue weighted by Crippen LogP contribution is 2.28. The molecular formula is C18H20ClNO5S. The van der Waals surface area contributed by atoms with Gasteiger partial charge in [0.05, 0.1) is 17.2 Å². The number of carbonyl (C=O) groups is 1. The second-order valence-corrected chi connectivity index (χ2v) is 7.86. The van der Waals surface area contributed by atoms with Gasteiger partial charge in [-0.25, -0.2) is 13.2 Å². The molecule has 0 bridgehead atoms. The summed E-state index contributed by atoms with van der Waals surface area (Å²) in [5.74, 6) is -0.670. The minimum Gasteiger partial charge on any atom is -0.494 e. The number of hydrogen-bond donors (Lipinski definition) is 1. The molecule has 0 heterocycles. The number of carboxylic acids is 1. The fraction of sp³-hybridized carbons (Fsp3) is 0.278. The van der Waals surface area contributed by atoms with E-state index in [-0.39, 0.29) is 10.6 Å². The third-order valence-electron chi connectivity index (χ3n) is 3.64. The van der Waals surface area contributed by atoms with Crippen LogP contribution in [0.3, 0.4) is 0 Å². The Labute approximate surface area is 158 Å². The molecule has 2 aromatic carbocycles. The highest BCUT2D eigenvalue weighted by Gasteiger charge is 2.33. The summed E-state index contributed by atoms with van der Waals surface area (Å²) in [5.41, 5.74) is 0.235. The molecule has 0 spiro atoms. The topological polar surface area (TPSA) is 83.9 Å². The van der Waals surface area contributed by atoms with Gasteiger partial charge in [0.15, 0.2) is 0 Å². The zero-order valence-electron chi connectivity index (χ0n) is 14.4. The summed E-state index contributed by atoms with van der Waals surface area (Å²) in [6.45, 7) is 3.83. The van der Waals surface area contributed by atoms with Crippen molar-refractivity contribution in [1.29, 1.82) is 0 Å². The fourth-order valence-electron chi connectivity index (χ4n) is 2.30. The van der Waals surface area contributed by atoms with Crippen molar-refractivity contribution in [3.63, 3.8) is 0 Å². The van der Waals surface area contributed by atoms with Gasteiger partial charge < -0.3 is 9.84 Å². The van der Waals surface area contributed by atoms with Crippen molar-refractivity contribution in [3.05, 3.63) is 53.6 Å². The van der Waals surface area contributed by atoms with E-state index in [1.54, 1.807) is 12.1 Å². The molecule has 0 aliphatic heterocycles. The van der Waals surface area contributed by atoms with E-state index in [0.717, 1.165) is 10.7 Å². The highest BCUT2D eigenvalue weighted by molar-refractivity contribution is 7.92. The van der Waals surface area contributed by atoms with Gasteiger partial charge in [0.25, 0.3) is 10.0 Å². The predicted molar refractivity (Wildman–Crippen MR) is 100 cm³/mol. The van der Waals surface area contributed by atoms with Crippen molar-refractivity contribution in [3.8, 4) is 5.75 Å². The number of hydrogen-bond acceptors (Lipinski definition) is 4. The minimum absolute atomic E-state index is 0.0405. The lowest BCUT2D eigenvalue weighted by molar-refractivity contribution is -0.137. The smallest absolute Gasteiger partial charge is 0.327 e. The Morgan fingerprint density at radius 3 is 2.23 bits per heavy atom. The van der Waals surface area contributed by atoms with E-state index in [4.69, 9.17) is 16.3 Å². The zero-order chi connectivity index (χ0) is 19.3. The van der Waals surface area contributed by atoms with Crippen LogP contribution in [0, 0.1) is 0 Å². The molecule has 6 nitrogen and oxygen atoms in total. The van der Waals surface area contributed by atoms with Crippen LogP contribution in [-0.2, 0) is 14.8 Å². The molecule has 140 valence electrons. The van der Waals surface area contributed by atoms with Crippen LogP contribution in [0.4, 0.5) is 5.69 Å². The number of halogens is 1. The average molecular weight is 398 g/mol. The second kappa shape index (κ2) is 8.42. The molecule has 1 N–H and O–H groups in total. The Kier molecular flexibility index (Phi) is 6.50. The number of carboxylic acid groups (broad SMARTS) is 1. The van der Waals surface area contributed by atoms with E-state index >= 15 is 0 Å². The van der Waals surface area contributed by atoms with Crippen molar-refractivity contribution in [2.24, 2.45) is 0 Å². The molecule has 0 aliphatic carbocycles. The van der Waals surface area contributed by atoms with Crippen molar-refractivity contribution in [1.82, 2.24) is 0 Å². The van der Waals surface area contributed by atoms with Gasteiger partial charge >= 0.3 is 5.97 Å². The molecular weight excluding hydrogens is 378 g/mol. The number of sulfonamides is 1. The second-order valence-electron chi connectivity index (χ2n) is 5.61. The van der Waals surface area contributed by atoms with Crippen LogP contribution in [0.15, 0.2) is 53.4 Å². The van der Waals surface area contributed by atoms with Gasteiger partial charge in [-0.3, -0.25) is 4.31 Å². The van der Waals surface area contributed by atoms with E-state index in [0.29, 0.717) is 17.4 Å². The third kappa shape index (κ3) is 4.47. The first-order valence-electron chi connectivity index (χ1n) is 8.03. The monoisotopic (exact) mass is 397 g/mol. The summed E-state index contributed by atoms with van der Waals surface area (Å²) in [6.07, 6.45) is 0.842. The average Bonchev–Trinajstić information content (AvgIpc) is 2.61. The van der Waals surface area contributed by atoms with Crippen molar-refractivity contribution in [2.45, 2.75) is 31.2 Å². The summed E-state index contributed by atoms with van der Waals surface area (Å²) in [7, 11) is -4.09. The summed E-state index contributed by atoms with van der Waals surface area (Å²) >= 11 is 5.81. The number of aliphatic carboxylic acids is 1. The number of benzene rings is 2. The van der Waals surface area contributed by atoms with Crippen LogP contribution in [0.5, 0.6) is 5.75 Å². The van der Waals surface area contributed by atoms with E-state index in [2.05, 4.69) is 0 Å². The van der Waals surface area contributed by atoms with Gasteiger partial charge in [0, 0.05) is 5.02 Å². The lowest BCUT2D eigenvalue weighted by atomic mass is 10.2. The van der Waals surface area contributed by atoms with Crippen molar-refractivity contribution >= 4 is 33.3 Å². The van der Waals surface area contributed by atoms with Gasteiger partial charge in [-0.05, 0) is 61.9 Å². The van der Waals surface area contributed by atoms with E-state index < -0.39 is 22.0 Å². The van der Waals surface area contributed by atoms with Crippen molar-refractivity contribution in [2.75, 3.05) is 10.9 Å². The first kappa shape index (κ1) is 20.1. The largest absolute Gasteiger partial charge is 0.494 e. The lowest BCUT2D eigenvalue weighted by Gasteiger charge is -2.28. The van der Waals surface area contributed by atoms with E-state index in [1.165, 1.54) is 43.3 Å². The van der Waals surface area contributed by atoms with Gasteiger partial charge in [-0.1, -0.05) is 18.5 Å². The van der Waals surface area contributed by atoms with E-state index in [9.17, 15) is 18.3 Å². The number of ether oxygens (including phenoxy) is 1. The molecule has 0 saturated carbocycles. The van der Waals surface area contributed by atoms with Gasteiger partial charge in [0.1, 0.15) is 11.8 Å². The number of rotatable bonds is 8. The summed E-state index contributed by atoms with van der Waals surface area (Å²) in [4.78, 5) is 11.5. The first-order chi connectivity index (χ1) is 12.3. The lowest BCUT2D eigenvalue weighted by Crippen LogP contribution is -2.43. The Bertz CT molecular complexity index is 850. The number of anilines is 1. The van der Waals surface area contributed by atoms with Crippen LogP contribution in [0.25, 0.3) is 0 Å². The maximum absolute atomic E-state index is 13.0. The molecule has 1 unspecified atom stereocenters. The van der Waals surface area contributed by atoms with Crippen LogP contribution < -0.4 is 9.04 Å². The third-order valence-corrected chi connectivity index (χ3v) is 5.81. The molecule has 0 radical (unpaired) electrons. The van der Waals surface area contributed by atoms with Crippen LogP contribution in [0.2, 0.25) is 5.02 Å². The highest BCUT2D eigenvalue weighted by atomic mass is 35.5. The molecule has 2 aromatic rings. The standard InChI is InChI=1S/C18H20ClNO5S/c1-3-12-25-16-8-6-15(7-9-16)20(13(2)18(21)22)26(23,24)17-10-4-14(19)5-11-17/h4-11,13H,3,12H2,1-2H3,(H,21,22). The molecule has 1 atom stereocenters. The molecule has 0 saturated heterocycles. The van der Waals surface area contributed by atoms with Crippen LogP contribution >= 0.6 is 11.6 Å². The molecule has 0 fully saturated rings. The van der Waals surface area contributed by atoms with Crippen LogP contribution in [-0.4, -0.2) is 32.1 Å². The Balaban J connectivity index is 2.46. The first-order valence-corrected chi connectivity index (χ1v) is 9.85.